The monoisotopic (exact) mass is 211 g/mol. The van der Waals surface area contributed by atoms with Crippen LogP contribution in [0.25, 0.3) is 0 Å². The van der Waals surface area contributed by atoms with Gasteiger partial charge < -0.3 is 5.32 Å². The van der Waals surface area contributed by atoms with Crippen LogP contribution in [0.15, 0.2) is 12.8 Å². The van der Waals surface area contributed by atoms with Crippen LogP contribution in [0.4, 0.5) is 0 Å². The van der Waals surface area contributed by atoms with Gasteiger partial charge in [0.05, 0.1) is 0 Å². The van der Waals surface area contributed by atoms with Crippen LogP contribution in [-0.4, -0.2) is 24.1 Å². The number of hydrogen-bond donors (Lipinski definition) is 3. The van der Waals surface area contributed by atoms with Crippen molar-refractivity contribution < 1.29 is 17.5 Å². The summed E-state index contributed by atoms with van der Waals surface area (Å²) >= 11 is 0. The quantitative estimate of drug-likeness (QED) is 0.470. The SMILES string of the molecule is C=CNCCCCC.O=S(=O)(O)O. The highest BCUT2D eigenvalue weighted by atomic mass is 32.3. The van der Waals surface area contributed by atoms with Crippen LogP contribution in [-0.2, 0) is 10.4 Å². The Bertz CT molecular complexity index is 193. The van der Waals surface area contributed by atoms with E-state index in [9.17, 15) is 0 Å². The molecule has 0 spiro atoms. The van der Waals surface area contributed by atoms with Crippen LogP contribution in [0.2, 0.25) is 0 Å². The summed E-state index contributed by atoms with van der Waals surface area (Å²) in [5, 5.41) is 3.05. The zero-order valence-electron chi connectivity index (χ0n) is 7.73. The second-order valence-electron chi connectivity index (χ2n) is 2.31. The second-order valence-corrected chi connectivity index (χ2v) is 3.21. The third-order valence-corrected chi connectivity index (χ3v) is 1.07. The fourth-order valence-electron chi connectivity index (χ4n) is 0.579. The molecule has 0 rings (SSSR count). The van der Waals surface area contributed by atoms with E-state index in [1.54, 1.807) is 6.20 Å². The summed E-state index contributed by atoms with van der Waals surface area (Å²) in [7, 11) is -4.67. The predicted molar refractivity (Wildman–Crippen MR) is 51.9 cm³/mol. The van der Waals surface area contributed by atoms with E-state index in [-0.39, 0.29) is 0 Å². The molecule has 0 heterocycles. The van der Waals surface area contributed by atoms with Crippen molar-refractivity contribution in [3.8, 4) is 0 Å². The lowest BCUT2D eigenvalue weighted by Gasteiger charge is -1.95. The Kier molecular flexibility index (Phi) is 10.9. The summed E-state index contributed by atoms with van der Waals surface area (Å²) in [6, 6.07) is 0. The molecule has 0 aromatic carbocycles. The Balaban J connectivity index is 0. The molecule has 0 aromatic rings. The maximum Gasteiger partial charge on any atom is 0.394 e. The molecule has 13 heavy (non-hydrogen) atoms. The Morgan fingerprint density at radius 2 is 1.85 bits per heavy atom. The molecule has 0 bridgehead atoms. The van der Waals surface area contributed by atoms with Gasteiger partial charge in [-0.3, -0.25) is 9.11 Å². The van der Waals surface area contributed by atoms with E-state index in [0.717, 1.165) is 6.54 Å². The molecule has 0 aromatic heterocycles. The van der Waals surface area contributed by atoms with E-state index >= 15 is 0 Å². The Morgan fingerprint density at radius 3 is 2.15 bits per heavy atom. The zero-order valence-corrected chi connectivity index (χ0v) is 8.55. The molecule has 0 unspecified atom stereocenters. The van der Waals surface area contributed by atoms with Crippen molar-refractivity contribution in [2.75, 3.05) is 6.54 Å². The number of nitrogens with one attached hydrogen (secondary N) is 1. The molecule has 0 aliphatic heterocycles. The van der Waals surface area contributed by atoms with Gasteiger partial charge in [-0.25, -0.2) is 0 Å². The summed E-state index contributed by atoms with van der Waals surface area (Å²) in [4.78, 5) is 0. The molecular formula is C7H17NO4S. The minimum atomic E-state index is -4.67. The summed E-state index contributed by atoms with van der Waals surface area (Å²) in [6.07, 6.45) is 5.62. The lowest BCUT2D eigenvalue weighted by Crippen LogP contribution is -2.05. The van der Waals surface area contributed by atoms with Gasteiger partial charge in [0, 0.05) is 6.54 Å². The third kappa shape index (κ3) is 52.0. The van der Waals surface area contributed by atoms with Gasteiger partial charge in [0.15, 0.2) is 0 Å². The normalized spacial score (nSPS) is 9.77. The standard InChI is InChI=1S/C7H15N.H2O4S/c1-3-5-6-7-8-4-2;1-5(2,3)4/h4,8H,2-3,5-7H2,1H3;(H2,1,2,3,4). The lowest BCUT2D eigenvalue weighted by molar-refractivity contribution is 0.381. The van der Waals surface area contributed by atoms with Crippen molar-refractivity contribution in [2.45, 2.75) is 26.2 Å². The lowest BCUT2D eigenvalue weighted by atomic mass is 10.2. The van der Waals surface area contributed by atoms with E-state index in [1.807, 2.05) is 0 Å². The third-order valence-electron chi connectivity index (χ3n) is 1.07. The van der Waals surface area contributed by atoms with Crippen molar-refractivity contribution in [3.63, 3.8) is 0 Å². The first-order chi connectivity index (χ1) is 5.91. The largest absolute Gasteiger partial charge is 0.394 e. The average Bonchev–Trinajstić information content (AvgIpc) is 1.95. The second kappa shape index (κ2) is 9.50. The maximum atomic E-state index is 8.74. The fraction of sp³-hybridized carbons (Fsp3) is 0.714. The van der Waals surface area contributed by atoms with Gasteiger partial charge in [0.1, 0.15) is 0 Å². The van der Waals surface area contributed by atoms with Gasteiger partial charge in [-0.2, -0.15) is 8.42 Å². The van der Waals surface area contributed by atoms with Crippen molar-refractivity contribution in [2.24, 2.45) is 0 Å². The van der Waals surface area contributed by atoms with Crippen molar-refractivity contribution in [3.05, 3.63) is 12.8 Å². The molecule has 0 saturated heterocycles. The highest BCUT2D eigenvalue weighted by Gasteiger charge is 1.84. The van der Waals surface area contributed by atoms with Gasteiger partial charge in [0.25, 0.3) is 0 Å². The molecule has 0 saturated carbocycles. The molecule has 3 N–H and O–H groups in total. The molecule has 6 heteroatoms. The molecule has 80 valence electrons. The number of hydrogen-bond acceptors (Lipinski definition) is 3. The zero-order chi connectivity index (χ0) is 10.7. The van der Waals surface area contributed by atoms with E-state index in [0.29, 0.717) is 0 Å². The van der Waals surface area contributed by atoms with Crippen molar-refractivity contribution in [1.82, 2.24) is 5.32 Å². The molecule has 0 aliphatic rings. The van der Waals surface area contributed by atoms with Crippen LogP contribution in [0.3, 0.4) is 0 Å². The van der Waals surface area contributed by atoms with E-state index in [1.165, 1.54) is 19.3 Å². The smallest absolute Gasteiger partial charge is 0.391 e. The molecule has 0 aliphatic carbocycles. The molecule has 0 amide bonds. The Morgan fingerprint density at radius 1 is 1.38 bits per heavy atom. The molecule has 0 fully saturated rings. The van der Waals surface area contributed by atoms with Gasteiger partial charge in [0.2, 0.25) is 0 Å². The van der Waals surface area contributed by atoms with Gasteiger partial charge in [-0.05, 0) is 12.6 Å². The van der Waals surface area contributed by atoms with Crippen LogP contribution in [0.5, 0.6) is 0 Å². The van der Waals surface area contributed by atoms with Crippen molar-refractivity contribution >= 4 is 10.4 Å². The first-order valence-corrected chi connectivity index (χ1v) is 5.35. The highest BCUT2D eigenvalue weighted by Crippen LogP contribution is 1.90. The van der Waals surface area contributed by atoms with Gasteiger partial charge in [-0.15, -0.1) is 0 Å². The van der Waals surface area contributed by atoms with Crippen LogP contribution in [0.1, 0.15) is 26.2 Å². The highest BCUT2D eigenvalue weighted by molar-refractivity contribution is 7.79. The first kappa shape index (κ1) is 14.9. The summed E-state index contributed by atoms with van der Waals surface area (Å²) < 4.78 is 31.6. The molecule has 5 nitrogen and oxygen atoms in total. The average molecular weight is 211 g/mol. The number of unbranched alkanes of at least 4 members (excludes halogenated alkanes) is 2. The van der Waals surface area contributed by atoms with Crippen LogP contribution < -0.4 is 5.32 Å². The summed E-state index contributed by atoms with van der Waals surface area (Å²) in [5.41, 5.74) is 0. The Labute approximate surface area is 79.4 Å². The Hall–Kier alpha value is -0.590. The number of rotatable bonds is 5. The van der Waals surface area contributed by atoms with Crippen LogP contribution in [0, 0.1) is 0 Å². The fourth-order valence-corrected chi connectivity index (χ4v) is 0.579. The summed E-state index contributed by atoms with van der Waals surface area (Å²) in [6.45, 7) is 6.83. The first-order valence-electron chi connectivity index (χ1n) is 3.96. The van der Waals surface area contributed by atoms with Crippen molar-refractivity contribution in [1.29, 1.82) is 0 Å². The van der Waals surface area contributed by atoms with E-state index in [4.69, 9.17) is 17.5 Å². The van der Waals surface area contributed by atoms with E-state index < -0.39 is 10.4 Å². The van der Waals surface area contributed by atoms with Gasteiger partial charge >= 0.3 is 10.4 Å². The van der Waals surface area contributed by atoms with Crippen LogP contribution >= 0.6 is 0 Å². The predicted octanol–water partition coefficient (Wildman–Crippen LogP) is 1.26. The molecule has 0 atom stereocenters. The molecular weight excluding hydrogens is 194 g/mol. The molecule has 0 radical (unpaired) electrons. The topological polar surface area (TPSA) is 86.6 Å². The minimum Gasteiger partial charge on any atom is -0.391 e. The minimum absolute atomic E-state index is 1.08. The maximum absolute atomic E-state index is 8.74. The van der Waals surface area contributed by atoms with Gasteiger partial charge in [-0.1, -0.05) is 26.3 Å². The van der Waals surface area contributed by atoms with E-state index in [2.05, 4.69) is 18.8 Å². The summed E-state index contributed by atoms with van der Waals surface area (Å²) in [5.74, 6) is 0.